The molecule has 7 nitrogen and oxygen atoms in total. The van der Waals surface area contributed by atoms with Crippen molar-refractivity contribution in [2.45, 2.75) is 4.90 Å². The SMILES string of the molecule is N#Cc1ccc(Nc2nc3ccc(S(=O)(=O)Nc4ccccc4Cl)cc3o2)cc1. The van der Waals surface area contributed by atoms with Crippen LogP contribution in [0.1, 0.15) is 5.56 Å². The lowest BCUT2D eigenvalue weighted by molar-refractivity contribution is 0.599. The molecule has 1 aromatic heterocycles. The van der Waals surface area contributed by atoms with Gasteiger partial charge in [-0.1, -0.05) is 23.7 Å². The zero-order valence-electron chi connectivity index (χ0n) is 14.8. The third-order valence-electron chi connectivity index (χ3n) is 4.05. The van der Waals surface area contributed by atoms with Crippen LogP contribution >= 0.6 is 11.6 Å². The highest BCUT2D eigenvalue weighted by atomic mass is 35.5. The third-order valence-corrected chi connectivity index (χ3v) is 5.75. The van der Waals surface area contributed by atoms with Crippen molar-refractivity contribution in [2.75, 3.05) is 10.0 Å². The maximum absolute atomic E-state index is 12.7. The Morgan fingerprint density at radius 3 is 2.52 bits per heavy atom. The lowest BCUT2D eigenvalue weighted by Crippen LogP contribution is -2.13. The minimum absolute atomic E-state index is 0.0194. The van der Waals surface area contributed by atoms with Crippen LogP contribution in [0.4, 0.5) is 17.4 Å². The number of nitrogens with zero attached hydrogens (tertiary/aromatic N) is 2. The van der Waals surface area contributed by atoms with Crippen molar-refractivity contribution in [1.29, 1.82) is 5.26 Å². The first-order valence-corrected chi connectivity index (χ1v) is 10.3. The molecule has 4 aromatic rings. The van der Waals surface area contributed by atoms with E-state index in [0.29, 0.717) is 27.4 Å². The molecule has 29 heavy (non-hydrogen) atoms. The van der Waals surface area contributed by atoms with Crippen molar-refractivity contribution in [3.05, 3.63) is 77.3 Å². The number of oxazole rings is 1. The number of sulfonamides is 1. The minimum atomic E-state index is -3.86. The molecule has 0 radical (unpaired) electrons. The van der Waals surface area contributed by atoms with Crippen LogP contribution in [0.3, 0.4) is 0 Å². The van der Waals surface area contributed by atoms with Crippen molar-refractivity contribution < 1.29 is 12.8 Å². The van der Waals surface area contributed by atoms with E-state index in [-0.39, 0.29) is 16.6 Å². The summed E-state index contributed by atoms with van der Waals surface area (Å²) >= 11 is 6.03. The molecule has 0 bridgehead atoms. The summed E-state index contributed by atoms with van der Waals surface area (Å²) in [6.45, 7) is 0. The van der Waals surface area contributed by atoms with Crippen molar-refractivity contribution >= 4 is 50.1 Å². The van der Waals surface area contributed by atoms with E-state index in [9.17, 15) is 8.42 Å². The maximum atomic E-state index is 12.7. The van der Waals surface area contributed by atoms with Crippen LogP contribution in [-0.4, -0.2) is 13.4 Å². The molecule has 0 aliphatic heterocycles. The number of hydrogen-bond donors (Lipinski definition) is 2. The second kappa shape index (κ2) is 7.47. The summed E-state index contributed by atoms with van der Waals surface area (Å²) in [4.78, 5) is 4.31. The molecule has 0 unspecified atom stereocenters. The molecule has 1 heterocycles. The molecule has 9 heteroatoms. The second-order valence-corrected chi connectivity index (χ2v) is 8.14. The predicted octanol–water partition coefficient (Wildman–Crippen LogP) is 4.90. The zero-order valence-corrected chi connectivity index (χ0v) is 16.3. The van der Waals surface area contributed by atoms with Gasteiger partial charge in [-0.2, -0.15) is 10.2 Å². The molecule has 4 rings (SSSR count). The van der Waals surface area contributed by atoms with Gasteiger partial charge in [-0.15, -0.1) is 0 Å². The number of rotatable bonds is 5. The maximum Gasteiger partial charge on any atom is 0.300 e. The Hall–Kier alpha value is -3.54. The highest BCUT2D eigenvalue weighted by Crippen LogP contribution is 2.27. The molecular weight excluding hydrogens is 412 g/mol. The first-order valence-electron chi connectivity index (χ1n) is 8.40. The Kier molecular flexibility index (Phi) is 4.84. The average Bonchev–Trinajstić information content (AvgIpc) is 3.11. The van der Waals surface area contributed by atoms with Gasteiger partial charge in [0, 0.05) is 11.8 Å². The Bertz CT molecular complexity index is 1340. The smallest absolute Gasteiger partial charge is 0.300 e. The van der Waals surface area contributed by atoms with E-state index in [1.54, 1.807) is 54.6 Å². The molecule has 0 aliphatic rings. The minimum Gasteiger partial charge on any atom is -0.423 e. The largest absolute Gasteiger partial charge is 0.423 e. The van der Waals surface area contributed by atoms with Crippen LogP contribution in [0.5, 0.6) is 0 Å². The number of anilines is 3. The third kappa shape index (κ3) is 4.01. The number of nitrogens with one attached hydrogen (secondary N) is 2. The highest BCUT2D eigenvalue weighted by Gasteiger charge is 2.18. The Labute approximate surface area is 171 Å². The predicted molar refractivity (Wildman–Crippen MR) is 111 cm³/mol. The first-order chi connectivity index (χ1) is 13.9. The van der Waals surface area contributed by atoms with Crippen molar-refractivity contribution in [3.8, 4) is 6.07 Å². The summed E-state index contributed by atoms with van der Waals surface area (Å²) < 4.78 is 33.5. The number of hydrogen-bond acceptors (Lipinski definition) is 6. The molecule has 0 aliphatic carbocycles. The normalized spacial score (nSPS) is 11.2. The molecule has 0 spiro atoms. The molecule has 144 valence electrons. The van der Waals surface area contributed by atoms with Crippen LogP contribution in [0.25, 0.3) is 11.1 Å². The Balaban J connectivity index is 1.60. The molecule has 2 N–H and O–H groups in total. The van der Waals surface area contributed by atoms with Crippen molar-refractivity contribution in [3.63, 3.8) is 0 Å². The number of nitriles is 1. The van der Waals surface area contributed by atoms with Crippen LogP contribution < -0.4 is 10.0 Å². The number of para-hydroxylation sites is 1. The quantitative estimate of drug-likeness (QED) is 0.471. The van der Waals surface area contributed by atoms with Gasteiger partial charge in [0.2, 0.25) is 0 Å². The van der Waals surface area contributed by atoms with Crippen LogP contribution in [0.2, 0.25) is 5.02 Å². The van der Waals surface area contributed by atoms with E-state index in [4.69, 9.17) is 21.3 Å². The standard InChI is InChI=1S/C20H13ClN4O3S/c21-16-3-1-2-4-17(16)25-29(26,27)15-9-10-18-19(11-15)28-20(24-18)23-14-7-5-13(12-22)6-8-14/h1-11,25H,(H,23,24). The van der Waals surface area contributed by atoms with Crippen molar-refractivity contribution in [2.24, 2.45) is 0 Å². The summed E-state index contributed by atoms with van der Waals surface area (Å²) in [6, 6.07) is 20.0. The van der Waals surface area contributed by atoms with Gasteiger partial charge >= 0.3 is 0 Å². The summed E-state index contributed by atoms with van der Waals surface area (Å²) in [5, 5.41) is 12.1. The van der Waals surface area contributed by atoms with Gasteiger partial charge in [0.05, 0.1) is 27.2 Å². The zero-order chi connectivity index (χ0) is 20.4. The second-order valence-electron chi connectivity index (χ2n) is 6.05. The summed E-state index contributed by atoms with van der Waals surface area (Å²) in [5.41, 5.74) is 2.31. The number of aromatic nitrogens is 1. The topological polar surface area (TPSA) is 108 Å². The number of benzene rings is 3. The van der Waals surface area contributed by atoms with Crippen molar-refractivity contribution in [1.82, 2.24) is 4.98 Å². The average molecular weight is 425 g/mol. The van der Waals surface area contributed by atoms with Gasteiger partial charge in [-0.05, 0) is 48.5 Å². The van der Waals surface area contributed by atoms with E-state index in [1.165, 1.54) is 12.1 Å². The molecule has 3 aromatic carbocycles. The van der Waals surface area contributed by atoms with E-state index in [0.717, 1.165) is 0 Å². The molecule has 0 amide bonds. The van der Waals surface area contributed by atoms with Gasteiger partial charge in [0.25, 0.3) is 16.0 Å². The Morgan fingerprint density at radius 2 is 1.79 bits per heavy atom. The van der Waals surface area contributed by atoms with Crippen LogP contribution in [0.15, 0.2) is 76.0 Å². The molecule has 0 atom stereocenters. The monoisotopic (exact) mass is 424 g/mol. The lowest BCUT2D eigenvalue weighted by atomic mass is 10.2. The van der Waals surface area contributed by atoms with Gasteiger partial charge in [-0.3, -0.25) is 4.72 Å². The van der Waals surface area contributed by atoms with E-state index in [2.05, 4.69) is 15.0 Å². The highest BCUT2D eigenvalue weighted by molar-refractivity contribution is 7.92. The molecule has 0 saturated heterocycles. The van der Waals surface area contributed by atoms with Crippen LogP contribution in [0, 0.1) is 11.3 Å². The van der Waals surface area contributed by atoms with Gasteiger partial charge < -0.3 is 9.73 Å². The van der Waals surface area contributed by atoms with Gasteiger partial charge in [-0.25, -0.2) is 8.42 Å². The number of fused-ring (bicyclic) bond motifs is 1. The summed E-state index contributed by atoms with van der Waals surface area (Å²) in [5.74, 6) is 0. The fraction of sp³-hybridized carbons (Fsp3) is 0. The van der Waals surface area contributed by atoms with Gasteiger partial charge in [0.15, 0.2) is 5.58 Å². The summed E-state index contributed by atoms with van der Waals surface area (Å²) in [6.07, 6.45) is 0. The summed E-state index contributed by atoms with van der Waals surface area (Å²) in [7, 11) is -3.86. The lowest BCUT2D eigenvalue weighted by Gasteiger charge is -2.09. The molecule has 0 fully saturated rings. The number of halogens is 1. The van der Waals surface area contributed by atoms with E-state index >= 15 is 0 Å². The van der Waals surface area contributed by atoms with E-state index < -0.39 is 10.0 Å². The molecular formula is C20H13ClN4O3S. The first kappa shape index (κ1) is 18.8. The fourth-order valence-corrected chi connectivity index (χ4v) is 3.96. The van der Waals surface area contributed by atoms with Crippen LogP contribution in [-0.2, 0) is 10.0 Å². The fourth-order valence-electron chi connectivity index (χ4n) is 2.62. The van der Waals surface area contributed by atoms with E-state index in [1.807, 2.05) is 6.07 Å². The van der Waals surface area contributed by atoms with Gasteiger partial charge in [0.1, 0.15) is 5.52 Å². The molecule has 0 saturated carbocycles. The Morgan fingerprint density at radius 1 is 1.03 bits per heavy atom.